The van der Waals surface area contributed by atoms with E-state index in [1.54, 1.807) is 24.0 Å². The minimum atomic E-state index is -0.538. The van der Waals surface area contributed by atoms with Gasteiger partial charge in [0.2, 0.25) is 0 Å². The molecular weight excluding hydrogens is 375 g/mol. The molecule has 0 aromatic rings. The molecule has 1 amide bonds. The highest BCUT2D eigenvalue weighted by atomic mass is 127. The Bertz CT molecular complexity index is 479. The molecule has 2 N–H and O–H groups in total. The monoisotopic (exact) mass is 390 g/mol. The normalized spacial score (nSPS) is 24.2. The summed E-state index contributed by atoms with van der Waals surface area (Å²) in [6.45, 7) is 2.69. The number of nitrogens with zero attached hydrogens (tertiary/aromatic N) is 1. The predicted molar refractivity (Wildman–Crippen MR) is 88.9 cm³/mol. The van der Waals surface area contributed by atoms with Crippen LogP contribution in [-0.2, 0) is 9.53 Å². The highest BCUT2D eigenvalue weighted by Crippen LogP contribution is 2.16. The van der Waals surface area contributed by atoms with Gasteiger partial charge in [0.25, 0.3) is 5.91 Å². The van der Waals surface area contributed by atoms with Gasteiger partial charge in [0.15, 0.2) is 0 Å². The summed E-state index contributed by atoms with van der Waals surface area (Å²) < 4.78 is 5.28. The number of amides is 1. The van der Waals surface area contributed by atoms with Gasteiger partial charge in [-0.25, -0.2) is 4.99 Å². The van der Waals surface area contributed by atoms with Crippen molar-refractivity contribution >= 4 is 42.3 Å². The fourth-order valence-corrected chi connectivity index (χ4v) is 2.30. The second-order valence-electron chi connectivity index (χ2n) is 3.82. The summed E-state index contributed by atoms with van der Waals surface area (Å²) in [4.78, 5) is 15.3. The van der Waals surface area contributed by atoms with E-state index in [1.165, 1.54) is 14.5 Å². The molecule has 0 radical (unpaired) electrons. The van der Waals surface area contributed by atoms with E-state index in [0.717, 1.165) is 12.0 Å². The first-order valence-electron chi connectivity index (χ1n) is 5.60. The quantitative estimate of drug-likeness (QED) is 0.455. The number of carbonyl (C=O) groups excluding carboxylic acids is 1. The zero-order chi connectivity index (χ0) is 14.1. The van der Waals surface area contributed by atoms with Crippen molar-refractivity contribution in [1.82, 2.24) is 0 Å². The second kappa shape index (κ2) is 8.98. The summed E-state index contributed by atoms with van der Waals surface area (Å²) in [5.74, 6) is -0.538. The molecule has 0 aliphatic carbocycles. The van der Waals surface area contributed by atoms with Crippen molar-refractivity contribution in [2.75, 3.05) is 6.61 Å². The molecule has 0 aromatic carbocycles. The van der Waals surface area contributed by atoms with E-state index in [0.29, 0.717) is 6.61 Å². The number of ether oxygens (including phenoxy) is 1. The van der Waals surface area contributed by atoms with E-state index >= 15 is 0 Å². The highest BCUT2D eigenvalue weighted by molar-refractivity contribution is 14.2. The van der Waals surface area contributed by atoms with Crippen LogP contribution in [0.3, 0.4) is 0 Å². The number of hydrogen-bond donors (Lipinski definition) is 1. The highest BCUT2D eigenvalue weighted by Gasteiger charge is 2.02. The van der Waals surface area contributed by atoms with Gasteiger partial charge in [0, 0.05) is 39.2 Å². The van der Waals surface area contributed by atoms with Gasteiger partial charge < -0.3 is 10.5 Å². The molecule has 1 heterocycles. The third-order valence-corrected chi connectivity index (χ3v) is 3.33. The number of rotatable bonds is 4. The third kappa shape index (κ3) is 6.63. The molecule has 0 fully saturated rings. The SMILES string of the molecule is C\C1=C/C(/C=N\C(=C/SI)C(N)=O)=C\C=C\OCC1. The molecule has 0 saturated heterocycles. The fourth-order valence-electron chi connectivity index (χ4n) is 1.32. The summed E-state index contributed by atoms with van der Waals surface area (Å²) in [5, 5.41) is 1.62. The van der Waals surface area contributed by atoms with Crippen LogP contribution in [0.1, 0.15) is 13.3 Å². The topological polar surface area (TPSA) is 64.7 Å². The molecule has 1 aliphatic heterocycles. The van der Waals surface area contributed by atoms with Crippen molar-refractivity contribution in [2.45, 2.75) is 13.3 Å². The Hall–Kier alpha value is -1.02. The zero-order valence-electron chi connectivity index (χ0n) is 10.5. The molecule has 4 nitrogen and oxygen atoms in total. The summed E-state index contributed by atoms with van der Waals surface area (Å²) in [6.07, 6.45) is 9.82. The molecule has 0 unspecified atom stereocenters. The third-order valence-electron chi connectivity index (χ3n) is 2.25. The van der Waals surface area contributed by atoms with Crippen molar-refractivity contribution in [1.29, 1.82) is 0 Å². The molecule has 1 aliphatic rings. The molecule has 0 bridgehead atoms. The van der Waals surface area contributed by atoms with Crippen molar-refractivity contribution in [3.8, 4) is 0 Å². The summed E-state index contributed by atoms with van der Waals surface area (Å²) in [7, 11) is 1.36. The summed E-state index contributed by atoms with van der Waals surface area (Å²) >= 11 is 2.05. The van der Waals surface area contributed by atoms with Gasteiger partial charge in [-0.2, -0.15) is 0 Å². The lowest BCUT2D eigenvalue weighted by molar-refractivity contribution is -0.114. The average Bonchev–Trinajstić information content (AvgIpc) is 2.46. The number of halogens is 1. The largest absolute Gasteiger partial charge is 0.501 e. The van der Waals surface area contributed by atoms with E-state index in [9.17, 15) is 4.79 Å². The lowest BCUT2D eigenvalue weighted by Gasteiger charge is -2.00. The van der Waals surface area contributed by atoms with Gasteiger partial charge in [-0.1, -0.05) is 26.7 Å². The minimum absolute atomic E-state index is 0.242. The van der Waals surface area contributed by atoms with Gasteiger partial charge in [-0.3, -0.25) is 4.79 Å². The number of primary amides is 1. The van der Waals surface area contributed by atoms with Crippen LogP contribution in [0.25, 0.3) is 0 Å². The van der Waals surface area contributed by atoms with Crippen LogP contribution >= 0.6 is 30.1 Å². The van der Waals surface area contributed by atoms with E-state index in [2.05, 4.69) is 26.2 Å². The maximum atomic E-state index is 11.2. The van der Waals surface area contributed by atoms with Crippen LogP contribution in [0.4, 0.5) is 0 Å². The Morgan fingerprint density at radius 2 is 2.42 bits per heavy atom. The Balaban J connectivity index is 2.93. The van der Waals surface area contributed by atoms with Crippen LogP contribution in [0.2, 0.25) is 0 Å². The van der Waals surface area contributed by atoms with E-state index in [1.807, 2.05) is 19.1 Å². The fraction of sp³-hybridized carbons (Fsp3) is 0.231. The number of aliphatic imine (C=N–C) groups is 1. The maximum Gasteiger partial charge on any atom is 0.267 e. The molecular formula is C13H15IN2O2S. The zero-order valence-corrected chi connectivity index (χ0v) is 13.5. The van der Waals surface area contributed by atoms with Gasteiger partial charge >= 0.3 is 0 Å². The lowest BCUT2D eigenvalue weighted by atomic mass is 10.1. The summed E-state index contributed by atoms with van der Waals surface area (Å²) in [5.41, 5.74) is 7.56. The Labute approximate surface area is 129 Å². The standard InChI is InChI=1S/C13H15IN2O2S/c1-10-4-6-18-5-2-3-11(7-10)8-16-12(9-19-14)13(15)17/h2-3,5,7-9H,4,6H2,1H3,(H2,15,17)/b5-2+,10-7+,11-3+,12-9-,16-8-. The van der Waals surface area contributed by atoms with Gasteiger partial charge in [0.05, 0.1) is 12.9 Å². The molecule has 0 atom stereocenters. The van der Waals surface area contributed by atoms with Crippen LogP contribution in [0, 0.1) is 0 Å². The van der Waals surface area contributed by atoms with E-state index in [-0.39, 0.29) is 5.70 Å². The molecule has 6 heteroatoms. The predicted octanol–water partition coefficient (Wildman–Crippen LogP) is 3.27. The van der Waals surface area contributed by atoms with Crippen molar-refractivity contribution < 1.29 is 9.53 Å². The number of nitrogens with two attached hydrogens (primary N) is 1. The summed E-state index contributed by atoms with van der Waals surface area (Å²) in [6, 6.07) is 0. The maximum absolute atomic E-state index is 11.2. The van der Waals surface area contributed by atoms with Gasteiger partial charge in [0.1, 0.15) is 5.70 Å². The second-order valence-corrected chi connectivity index (χ2v) is 5.76. The van der Waals surface area contributed by atoms with Crippen molar-refractivity contribution in [3.63, 3.8) is 0 Å². The molecule has 0 spiro atoms. The molecule has 0 saturated carbocycles. The Kier molecular flexibility index (Phi) is 7.57. The van der Waals surface area contributed by atoms with Crippen molar-refractivity contribution in [3.05, 3.63) is 46.7 Å². The smallest absolute Gasteiger partial charge is 0.267 e. The lowest BCUT2D eigenvalue weighted by Crippen LogP contribution is -2.12. The molecule has 102 valence electrons. The first kappa shape index (κ1) is 16.0. The van der Waals surface area contributed by atoms with Crippen LogP contribution < -0.4 is 5.73 Å². The number of allylic oxidation sites excluding steroid dienone is 4. The molecule has 19 heavy (non-hydrogen) atoms. The Morgan fingerprint density at radius 3 is 3.11 bits per heavy atom. The van der Waals surface area contributed by atoms with E-state index in [4.69, 9.17) is 10.5 Å². The Morgan fingerprint density at radius 1 is 1.63 bits per heavy atom. The number of hydrogen-bond acceptors (Lipinski definition) is 4. The van der Waals surface area contributed by atoms with Crippen molar-refractivity contribution in [2.24, 2.45) is 10.7 Å². The average molecular weight is 390 g/mol. The molecule has 1 rings (SSSR count). The first-order valence-corrected chi connectivity index (χ1v) is 9.02. The first-order chi connectivity index (χ1) is 9.13. The van der Waals surface area contributed by atoms with Gasteiger partial charge in [-0.15, -0.1) is 0 Å². The van der Waals surface area contributed by atoms with E-state index < -0.39 is 5.91 Å². The minimum Gasteiger partial charge on any atom is -0.501 e. The number of carbonyl (C=O) groups is 1. The molecule has 0 aromatic heterocycles. The van der Waals surface area contributed by atoms with Gasteiger partial charge in [-0.05, 0) is 18.6 Å². The van der Waals surface area contributed by atoms with Crippen LogP contribution in [-0.4, -0.2) is 18.7 Å². The van der Waals surface area contributed by atoms with Crippen LogP contribution in [0.15, 0.2) is 51.7 Å². The van der Waals surface area contributed by atoms with Crippen LogP contribution in [0.5, 0.6) is 0 Å².